The summed E-state index contributed by atoms with van der Waals surface area (Å²) in [6.07, 6.45) is 7.18. The molecule has 0 aromatic carbocycles. The fraction of sp³-hybridized carbons (Fsp3) is 0.455. The lowest BCUT2D eigenvalue weighted by atomic mass is 10.3. The van der Waals surface area contributed by atoms with E-state index in [0.29, 0.717) is 0 Å². The van der Waals surface area contributed by atoms with Crippen molar-refractivity contribution in [1.82, 2.24) is 4.90 Å². The molecular weight excluding hydrogens is 178 g/mol. The highest BCUT2D eigenvalue weighted by molar-refractivity contribution is 7.09. The van der Waals surface area contributed by atoms with Gasteiger partial charge >= 0.3 is 0 Å². The minimum atomic E-state index is 0.848. The lowest BCUT2D eigenvalue weighted by Gasteiger charge is -2.13. The van der Waals surface area contributed by atoms with Crippen LogP contribution in [0.5, 0.6) is 0 Å². The SMILES string of the molecule is C#CCCN(C)CCc1cccs1. The fourth-order valence-corrected chi connectivity index (χ4v) is 1.82. The van der Waals surface area contributed by atoms with Gasteiger partial charge in [-0.1, -0.05) is 6.07 Å². The minimum absolute atomic E-state index is 0.848. The quantitative estimate of drug-likeness (QED) is 0.648. The van der Waals surface area contributed by atoms with E-state index in [0.717, 1.165) is 25.9 Å². The summed E-state index contributed by atoms with van der Waals surface area (Å²) in [6, 6.07) is 4.28. The normalized spacial score (nSPS) is 10.2. The Balaban J connectivity index is 2.16. The van der Waals surface area contributed by atoms with Gasteiger partial charge in [-0.25, -0.2) is 0 Å². The van der Waals surface area contributed by atoms with E-state index in [1.54, 1.807) is 0 Å². The van der Waals surface area contributed by atoms with Crippen molar-refractivity contribution in [2.24, 2.45) is 0 Å². The molecule has 0 aliphatic carbocycles. The molecule has 0 saturated heterocycles. The molecule has 2 heteroatoms. The van der Waals surface area contributed by atoms with Crippen LogP contribution >= 0.6 is 11.3 Å². The number of rotatable bonds is 5. The Kier molecular flexibility index (Phi) is 4.59. The van der Waals surface area contributed by atoms with Crippen LogP contribution in [0.25, 0.3) is 0 Å². The molecule has 13 heavy (non-hydrogen) atoms. The Morgan fingerprint density at radius 1 is 1.54 bits per heavy atom. The summed E-state index contributed by atoms with van der Waals surface area (Å²) in [4.78, 5) is 3.73. The average molecular weight is 193 g/mol. The van der Waals surface area contributed by atoms with Crippen molar-refractivity contribution in [1.29, 1.82) is 0 Å². The highest BCUT2D eigenvalue weighted by atomic mass is 32.1. The number of hydrogen-bond donors (Lipinski definition) is 0. The molecule has 1 rings (SSSR count). The van der Waals surface area contributed by atoms with Gasteiger partial charge in [0.1, 0.15) is 0 Å². The highest BCUT2D eigenvalue weighted by Gasteiger charge is 1.98. The van der Waals surface area contributed by atoms with Gasteiger partial charge in [0, 0.05) is 24.4 Å². The number of thiophene rings is 1. The Labute approximate surface area is 84.4 Å². The summed E-state index contributed by atoms with van der Waals surface area (Å²) in [5.74, 6) is 2.65. The molecule has 1 heterocycles. The molecule has 0 fully saturated rings. The third kappa shape index (κ3) is 4.12. The van der Waals surface area contributed by atoms with Gasteiger partial charge in [0.25, 0.3) is 0 Å². The van der Waals surface area contributed by atoms with E-state index < -0.39 is 0 Å². The van der Waals surface area contributed by atoms with Gasteiger partial charge in [0.05, 0.1) is 0 Å². The fourth-order valence-electron chi connectivity index (χ4n) is 1.12. The molecule has 0 spiro atoms. The van der Waals surface area contributed by atoms with Crippen LogP contribution in [0.4, 0.5) is 0 Å². The number of nitrogens with zero attached hydrogens (tertiary/aromatic N) is 1. The zero-order valence-electron chi connectivity index (χ0n) is 7.99. The second-order valence-corrected chi connectivity index (χ2v) is 4.12. The molecule has 0 radical (unpaired) electrons. The maximum Gasteiger partial charge on any atom is 0.0214 e. The first-order chi connectivity index (χ1) is 6.33. The summed E-state index contributed by atoms with van der Waals surface area (Å²) in [6.45, 7) is 2.10. The van der Waals surface area contributed by atoms with Gasteiger partial charge in [0.15, 0.2) is 0 Å². The van der Waals surface area contributed by atoms with Crippen molar-refractivity contribution in [3.05, 3.63) is 22.4 Å². The van der Waals surface area contributed by atoms with Crippen molar-refractivity contribution < 1.29 is 0 Å². The average Bonchev–Trinajstić information content (AvgIpc) is 2.64. The summed E-state index contributed by atoms with van der Waals surface area (Å²) in [7, 11) is 2.12. The zero-order valence-corrected chi connectivity index (χ0v) is 8.81. The summed E-state index contributed by atoms with van der Waals surface area (Å²) < 4.78 is 0. The van der Waals surface area contributed by atoms with Crippen LogP contribution in [0.2, 0.25) is 0 Å². The monoisotopic (exact) mass is 193 g/mol. The lowest BCUT2D eigenvalue weighted by Crippen LogP contribution is -2.21. The van der Waals surface area contributed by atoms with Gasteiger partial charge in [-0.15, -0.1) is 23.7 Å². The van der Waals surface area contributed by atoms with Gasteiger partial charge in [-0.05, 0) is 24.9 Å². The third-order valence-electron chi connectivity index (χ3n) is 1.96. The largest absolute Gasteiger partial charge is 0.305 e. The Bertz CT molecular complexity index is 258. The van der Waals surface area contributed by atoms with Gasteiger partial charge in [0.2, 0.25) is 0 Å². The van der Waals surface area contributed by atoms with E-state index in [4.69, 9.17) is 6.42 Å². The molecule has 1 aromatic heterocycles. The molecule has 0 amide bonds. The highest BCUT2D eigenvalue weighted by Crippen LogP contribution is 2.09. The topological polar surface area (TPSA) is 3.24 Å². The van der Waals surface area contributed by atoms with Crippen molar-refractivity contribution in [2.45, 2.75) is 12.8 Å². The van der Waals surface area contributed by atoms with Crippen molar-refractivity contribution in [3.8, 4) is 12.3 Å². The van der Waals surface area contributed by atoms with Gasteiger partial charge in [-0.3, -0.25) is 0 Å². The third-order valence-corrected chi connectivity index (χ3v) is 2.89. The number of hydrogen-bond acceptors (Lipinski definition) is 2. The van der Waals surface area contributed by atoms with Crippen LogP contribution in [0, 0.1) is 12.3 Å². The molecule has 0 aliphatic rings. The van der Waals surface area contributed by atoms with Gasteiger partial charge in [-0.2, -0.15) is 0 Å². The van der Waals surface area contributed by atoms with E-state index in [9.17, 15) is 0 Å². The minimum Gasteiger partial charge on any atom is -0.305 e. The van der Waals surface area contributed by atoms with Crippen LogP contribution in [-0.4, -0.2) is 25.0 Å². The first-order valence-electron chi connectivity index (χ1n) is 4.47. The predicted molar refractivity (Wildman–Crippen MR) is 59.0 cm³/mol. The molecule has 0 aliphatic heterocycles. The molecule has 0 saturated carbocycles. The van der Waals surface area contributed by atoms with Crippen LogP contribution < -0.4 is 0 Å². The van der Waals surface area contributed by atoms with Gasteiger partial charge < -0.3 is 4.90 Å². The van der Waals surface area contributed by atoms with E-state index >= 15 is 0 Å². The molecular formula is C11H15NS. The van der Waals surface area contributed by atoms with E-state index in [1.165, 1.54) is 4.88 Å². The lowest BCUT2D eigenvalue weighted by molar-refractivity contribution is 0.348. The maximum absolute atomic E-state index is 5.19. The molecule has 70 valence electrons. The van der Waals surface area contributed by atoms with E-state index in [1.807, 2.05) is 11.3 Å². The predicted octanol–water partition coefficient (Wildman–Crippen LogP) is 2.25. The van der Waals surface area contributed by atoms with Crippen molar-refractivity contribution in [2.75, 3.05) is 20.1 Å². The first kappa shape index (κ1) is 10.3. The first-order valence-corrected chi connectivity index (χ1v) is 5.35. The van der Waals surface area contributed by atoms with Crippen LogP contribution in [0.3, 0.4) is 0 Å². The smallest absolute Gasteiger partial charge is 0.0214 e. The standard InChI is InChI=1S/C11H15NS/c1-3-4-8-12(2)9-7-11-6-5-10-13-11/h1,5-6,10H,4,7-9H2,2H3. The molecule has 0 unspecified atom stereocenters. The van der Waals surface area contributed by atoms with Crippen molar-refractivity contribution >= 4 is 11.3 Å². The van der Waals surface area contributed by atoms with Crippen LogP contribution in [0.1, 0.15) is 11.3 Å². The van der Waals surface area contributed by atoms with Crippen LogP contribution in [0.15, 0.2) is 17.5 Å². The molecule has 0 N–H and O–H groups in total. The number of likely N-dealkylation sites (N-methyl/N-ethyl adjacent to an activating group) is 1. The summed E-state index contributed by atoms with van der Waals surface area (Å²) in [5, 5.41) is 2.12. The molecule has 1 nitrogen and oxygen atoms in total. The second-order valence-electron chi connectivity index (χ2n) is 3.09. The zero-order chi connectivity index (χ0) is 9.52. The Morgan fingerprint density at radius 3 is 3.00 bits per heavy atom. The Hall–Kier alpha value is -0.780. The number of terminal acetylenes is 1. The molecule has 1 aromatic rings. The maximum atomic E-state index is 5.19. The van der Waals surface area contributed by atoms with E-state index in [-0.39, 0.29) is 0 Å². The second kappa shape index (κ2) is 5.80. The van der Waals surface area contributed by atoms with E-state index in [2.05, 4.69) is 35.4 Å². The van der Waals surface area contributed by atoms with Crippen LogP contribution in [-0.2, 0) is 6.42 Å². The Morgan fingerprint density at radius 2 is 2.38 bits per heavy atom. The molecule has 0 bridgehead atoms. The summed E-state index contributed by atoms with van der Waals surface area (Å²) >= 11 is 1.82. The summed E-state index contributed by atoms with van der Waals surface area (Å²) in [5.41, 5.74) is 0. The molecule has 0 atom stereocenters. The van der Waals surface area contributed by atoms with Crippen molar-refractivity contribution in [3.63, 3.8) is 0 Å².